The van der Waals surface area contributed by atoms with Crippen LogP contribution in [0.2, 0.25) is 0 Å². The molecular weight excluding hydrogens is 320 g/mol. The van der Waals surface area contributed by atoms with Crippen LogP contribution in [0.3, 0.4) is 0 Å². The van der Waals surface area contributed by atoms with E-state index in [2.05, 4.69) is 0 Å². The fourth-order valence-corrected chi connectivity index (χ4v) is 3.59. The number of hydrogen-bond donors (Lipinski definition) is 0. The van der Waals surface area contributed by atoms with E-state index < -0.39 is 11.9 Å². The van der Waals surface area contributed by atoms with Crippen LogP contribution >= 0.6 is 0 Å². The SMILES string of the molecule is O=C1c2ccccc2C(=O)c2c1cc1c3c(cccc23)C(=O)OC1=O. The molecule has 1 aliphatic carbocycles. The van der Waals surface area contributed by atoms with Crippen LogP contribution in [0, 0.1) is 0 Å². The third-order valence-corrected chi connectivity index (χ3v) is 4.67. The van der Waals surface area contributed by atoms with Gasteiger partial charge in [-0.05, 0) is 17.5 Å². The molecule has 0 radical (unpaired) electrons. The Morgan fingerprint density at radius 1 is 0.600 bits per heavy atom. The summed E-state index contributed by atoms with van der Waals surface area (Å²) >= 11 is 0. The molecule has 0 saturated carbocycles. The molecule has 0 N–H and O–H groups in total. The number of ether oxygens (including phenoxy) is 1. The fourth-order valence-electron chi connectivity index (χ4n) is 3.59. The predicted octanol–water partition coefficient (Wildman–Crippen LogP) is 2.93. The molecule has 0 saturated heterocycles. The van der Waals surface area contributed by atoms with E-state index in [4.69, 9.17) is 4.74 Å². The van der Waals surface area contributed by atoms with Gasteiger partial charge in [-0.25, -0.2) is 9.59 Å². The Morgan fingerprint density at radius 2 is 1.24 bits per heavy atom. The zero-order valence-corrected chi connectivity index (χ0v) is 12.7. The first-order valence-electron chi connectivity index (χ1n) is 7.62. The molecule has 0 fully saturated rings. The molecule has 0 unspecified atom stereocenters. The van der Waals surface area contributed by atoms with Crippen molar-refractivity contribution in [1.82, 2.24) is 0 Å². The summed E-state index contributed by atoms with van der Waals surface area (Å²) in [5.41, 5.74) is 1.37. The highest BCUT2D eigenvalue weighted by Crippen LogP contribution is 2.37. The van der Waals surface area contributed by atoms with E-state index in [0.717, 1.165) is 0 Å². The van der Waals surface area contributed by atoms with Crippen LogP contribution in [0.25, 0.3) is 10.8 Å². The lowest BCUT2D eigenvalue weighted by molar-refractivity contribution is 0.0391. The van der Waals surface area contributed by atoms with Gasteiger partial charge >= 0.3 is 11.9 Å². The average Bonchev–Trinajstić information content (AvgIpc) is 2.63. The van der Waals surface area contributed by atoms with Crippen molar-refractivity contribution in [2.24, 2.45) is 0 Å². The largest absolute Gasteiger partial charge is 0.386 e. The van der Waals surface area contributed by atoms with Crippen molar-refractivity contribution in [2.75, 3.05) is 0 Å². The molecule has 0 bridgehead atoms. The van der Waals surface area contributed by atoms with Gasteiger partial charge in [-0.3, -0.25) is 9.59 Å². The molecule has 5 heteroatoms. The second kappa shape index (κ2) is 4.48. The lowest BCUT2D eigenvalue weighted by Crippen LogP contribution is -2.25. The Morgan fingerprint density at radius 3 is 2.00 bits per heavy atom. The molecule has 0 atom stereocenters. The maximum absolute atomic E-state index is 13.0. The van der Waals surface area contributed by atoms with Crippen molar-refractivity contribution in [3.63, 3.8) is 0 Å². The zero-order valence-electron chi connectivity index (χ0n) is 12.7. The summed E-state index contributed by atoms with van der Waals surface area (Å²) in [4.78, 5) is 50.0. The lowest BCUT2D eigenvalue weighted by atomic mass is 9.79. The molecule has 1 heterocycles. The Bertz CT molecular complexity index is 1190. The predicted molar refractivity (Wildman–Crippen MR) is 87.0 cm³/mol. The number of carbonyl (C=O) groups is 4. The Hall–Kier alpha value is -3.60. The first-order valence-corrected chi connectivity index (χ1v) is 7.62. The molecule has 0 amide bonds. The number of benzene rings is 3. The number of hydrogen-bond acceptors (Lipinski definition) is 5. The van der Waals surface area contributed by atoms with E-state index >= 15 is 0 Å². The van der Waals surface area contributed by atoms with Gasteiger partial charge in [0, 0.05) is 27.6 Å². The molecule has 3 aromatic rings. The van der Waals surface area contributed by atoms with Gasteiger partial charge in [-0.2, -0.15) is 0 Å². The van der Waals surface area contributed by atoms with Crippen molar-refractivity contribution in [1.29, 1.82) is 0 Å². The molecule has 3 aromatic carbocycles. The Kier molecular flexibility index (Phi) is 2.47. The van der Waals surface area contributed by atoms with Gasteiger partial charge in [0.25, 0.3) is 0 Å². The summed E-state index contributed by atoms with van der Waals surface area (Å²) in [5, 5.41) is 0.783. The van der Waals surface area contributed by atoms with Crippen molar-refractivity contribution >= 4 is 34.3 Å². The lowest BCUT2D eigenvalue weighted by Gasteiger charge is -2.23. The normalized spacial score (nSPS) is 15.0. The maximum atomic E-state index is 13.0. The van der Waals surface area contributed by atoms with Crippen LogP contribution in [0.1, 0.15) is 52.6 Å². The Balaban J connectivity index is 1.97. The molecule has 5 rings (SSSR count). The van der Waals surface area contributed by atoms with Gasteiger partial charge in [-0.15, -0.1) is 0 Å². The minimum atomic E-state index is -0.810. The van der Waals surface area contributed by atoms with E-state index in [9.17, 15) is 19.2 Å². The van der Waals surface area contributed by atoms with E-state index in [1.54, 1.807) is 36.4 Å². The number of cyclic esters (lactones) is 2. The highest BCUT2D eigenvalue weighted by atomic mass is 16.6. The van der Waals surface area contributed by atoms with Gasteiger partial charge in [0.15, 0.2) is 11.6 Å². The van der Waals surface area contributed by atoms with Crippen molar-refractivity contribution in [3.8, 4) is 0 Å². The first-order chi connectivity index (χ1) is 12.1. The topological polar surface area (TPSA) is 77.5 Å². The number of esters is 2. The number of ketones is 2. The monoisotopic (exact) mass is 328 g/mol. The summed E-state index contributed by atoms with van der Waals surface area (Å²) in [6.07, 6.45) is 0. The number of fused-ring (bicyclic) bond motifs is 3. The second-order valence-corrected chi connectivity index (χ2v) is 5.96. The van der Waals surface area contributed by atoms with Crippen LogP contribution in [0.4, 0.5) is 0 Å². The highest BCUT2D eigenvalue weighted by Gasteiger charge is 2.36. The third kappa shape index (κ3) is 1.61. The standard InChI is InChI=1S/C20H8O5/c21-17-9-4-1-2-5-10(9)18(22)16-11-6-3-7-12-15(11)14(8-13(16)17)20(24)25-19(12)23/h1-8H. The summed E-state index contributed by atoms with van der Waals surface area (Å²) in [5.74, 6) is -2.17. The summed E-state index contributed by atoms with van der Waals surface area (Å²) in [7, 11) is 0. The van der Waals surface area contributed by atoms with Crippen molar-refractivity contribution in [2.45, 2.75) is 0 Å². The van der Waals surface area contributed by atoms with Crippen LogP contribution in [-0.4, -0.2) is 23.5 Å². The molecular formula is C20H8O5. The molecule has 25 heavy (non-hydrogen) atoms. The van der Waals surface area contributed by atoms with Gasteiger partial charge < -0.3 is 4.74 Å². The molecule has 2 aliphatic rings. The first kappa shape index (κ1) is 13.8. The Labute approximate surface area is 140 Å². The molecule has 0 aromatic heterocycles. The summed E-state index contributed by atoms with van der Waals surface area (Å²) in [6.45, 7) is 0. The van der Waals surface area contributed by atoms with Gasteiger partial charge in [-0.1, -0.05) is 36.4 Å². The molecule has 0 spiro atoms. The van der Waals surface area contributed by atoms with E-state index in [1.807, 2.05) is 0 Å². The fraction of sp³-hybridized carbons (Fsp3) is 0. The van der Waals surface area contributed by atoms with Crippen molar-refractivity contribution < 1.29 is 23.9 Å². The van der Waals surface area contributed by atoms with Crippen LogP contribution in [0.5, 0.6) is 0 Å². The number of rotatable bonds is 0. The van der Waals surface area contributed by atoms with E-state index in [0.29, 0.717) is 21.9 Å². The second-order valence-electron chi connectivity index (χ2n) is 5.96. The molecule has 118 valence electrons. The maximum Gasteiger partial charge on any atom is 0.346 e. The quantitative estimate of drug-likeness (QED) is 0.366. The summed E-state index contributed by atoms with van der Waals surface area (Å²) in [6, 6.07) is 12.7. The minimum absolute atomic E-state index is 0.129. The van der Waals surface area contributed by atoms with Gasteiger partial charge in [0.1, 0.15) is 0 Å². The third-order valence-electron chi connectivity index (χ3n) is 4.67. The van der Waals surface area contributed by atoms with Crippen LogP contribution < -0.4 is 0 Å². The number of carbonyl (C=O) groups excluding carboxylic acids is 4. The summed E-state index contributed by atoms with van der Waals surface area (Å²) < 4.78 is 4.75. The van der Waals surface area contributed by atoms with E-state index in [1.165, 1.54) is 12.1 Å². The van der Waals surface area contributed by atoms with Crippen LogP contribution in [-0.2, 0) is 4.74 Å². The smallest absolute Gasteiger partial charge is 0.346 e. The van der Waals surface area contributed by atoms with Gasteiger partial charge in [0.2, 0.25) is 0 Å². The molecule has 5 nitrogen and oxygen atoms in total. The van der Waals surface area contributed by atoms with Crippen LogP contribution in [0.15, 0.2) is 48.5 Å². The highest BCUT2D eigenvalue weighted by molar-refractivity contribution is 6.35. The van der Waals surface area contributed by atoms with Gasteiger partial charge in [0.05, 0.1) is 11.1 Å². The van der Waals surface area contributed by atoms with E-state index in [-0.39, 0.29) is 33.8 Å². The average molecular weight is 328 g/mol. The van der Waals surface area contributed by atoms with Crippen molar-refractivity contribution in [3.05, 3.63) is 81.9 Å². The zero-order chi connectivity index (χ0) is 17.3. The minimum Gasteiger partial charge on any atom is -0.386 e. The molecule has 1 aliphatic heterocycles.